The van der Waals surface area contributed by atoms with Gasteiger partial charge in [-0.15, -0.1) is 0 Å². The smallest absolute Gasteiger partial charge is 0.220 e. The highest BCUT2D eigenvalue weighted by molar-refractivity contribution is 5.76. The molecule has 0 spiro atoms. The lowest BCUT2D eigenvalue weighted by molar-refractivity contribution is -0.359. The summed E-state index contributed by atoms with van der Waals surface area (Å²) in [6.45, 7) is 2.93. The van der Waals surface area contributed by atoms with Gasteiger partial charge in [-0.25, -0.2) is 0 Å². The Morgan fingerprint density at radius 2 is 0.667 bits per heavy atom. The molecule has 14 nitrogen and oxygen atoms in total. The Kier molecular flexibility index (Phi) is 65.7. The summed E-state index contributed by atoms with van der Waals surface area (Å²) < 4.78 is 23.0. The van der Waals surface area contributed by atoms with Crippen molar-refractivity contribution in [2.24, 2.45) is 0 Å². The molecule has 0 aromatic heterocycles. The molecule has 2 fully saturated rings. The highest BCUT2D eigenvalue weighted by atomic mass is 16.7. The van der Waals surface area contributed by atoms with Crippen LogP contribution in [-0.4, -0.2) is 140 Å². The fourth-order valence-electron chi connectivity index (χ4n) is 14.6. The minimum Gasteiger partial charge on any atom is -0.394 e. The molecule has 2 aliphatic rings. The van der Waals surface area contributed by atoms with Crippen LogP contribution >= 0.6 is 0 Å². The van der Waals surface area contributed by atoms with Crippen LogP contribution in [0.15, 0.2) is 24.3 Å². The predicted molar refractivity (Wildman–Crippen MR) is 411 cm³/mol. The monoisotopic (exact) mass is 1410 g/mol. The van der Waals surface area contributed by atoms with Crippen molar-refractivity contribution < 1.29 is 64.6 Å². The van der Waals surface area contributed by atoms with E-state index in [4.69, 9.17) is 18.9 Å². The Balaban J connectivity index is 1.57. The largest absolute Gasteiger partial charge is 0.394 e. The Hall–Kier alpha value is -1.53. The summed E-state index contributed by atoms with van der Waals surface area (Å²) >= 11 is 0. The number of aliphatic hydroxyl groups excluding tert-OH is 8. The van der Waals surface area contributed by atoms with E-state index >= 15 is 0 Å². The average molecular weight is 1410 g/mol. The lowest BCUT2D eigenvalue weighted by Gasteiger charge is -2.46. The lowest BCUT2D eigenvalue weighted by atomic mass is 9.97. The van der Waals surface area contributed by atoms with Gasteiger partial charge in [0.1, 0.15) is 48.8 Å². The van der Waals surface area contributed by atoms with Crippen molar-refractivity contribution in [1.82, 2.24) is 5.32 Å². The molecule has 0 saturated carbocycles. The second kappa shape index (κ2) is 69.5. The lowest BCUT2D eigenvalue weighted by Crippen LogP contribution is -2.65. The van der Waals surface area contributed by atoms with Crippen LogP contribution in [0.4, 0.5) is 0 Å². The van der Waals surface area contributed by atoms with E-state index in [9.17, 15) is 45.6 Å². The number of hydrogen-bond donors (Lipinski definition) is 9. The van der Waals surface area contributed by atoms with Gasteiger partial charge in [-0.2, -0.15) is 0 Å². The van der Waals surface area contributed by atoms with Crippen LogP contribution in [0.1, 0.15) is 418 Å². The van der Waals surface area contributed by atoms with Crippen LogP contribution in [0.2, 0.25) is 0 Å². The molecule has 0 aliphatic carbocycles. The summed E-state index contributed by atoms with van der Waals surface area (Å²) in [5.74, 6) is -0.196. The first-order chi connectivity index (χ1) is 48.6. The van der Waals surface area contributed by atoms with Crippen molar-refractivity contribution in [1.29, 1.82) is 0 Å². The number of aliphatic hydroxyl groups is 8. The number of carbonyl (C=O) groups excluding carboxylic acids is 1. The highest BCUT2D eigenvalue weighted by Gasteiger charge is 2.51. The number of hydrogen-bond acceptors (Lipinski definition) is 13. The van der Waals surface area contributed by atoms with Gasteiger partial charge in [0.25, 0.3) is 0 Å². The summed E-state index contributed by atoms with van der Waals surface area (Å²) in [7, 11) is 0. The molecule has 0 radical (unpaired) electrons. The Bertz CT molecular complexity index is 1760. The zero-order valence-corrected chi connectivity index (χ0v) is 64.5. The van der Waals surface area contributed by atoms with E-state index in [0.717, 1.165) is 57.8 Å². The van der Waals surface area contributed by atoms with E-state index in [2.05, 4.69) is 43.5 Å². The van der Waals surface area contributed by atoms with Gasteiger partial charge in [-0.1, -0.05) is 391 Å². The minimum atomic E-state index is -1.78. The van der Waals surface area contributed by atoms with Gasteiger partial charge in [-0.05, 0) is 44.9 Å². The van der Waals surface area contributed by atoms with Gasteiger partial charge in [0, 0.05) is 6.42 Å². The van der Waals surface area contributed by atoms with Gasteiger partial charge in [0.2, 0.25) is 5.91 Å². The first kappa shape index (κ1) is 93.6. The Morgan fingerprint density at radius 1 is 0.364 bits per heavy atom. The maximum atomic E-state index is 13.4. The van der Waals surface area contributed by atoms with Crippen molar-refractivity contribution in [2.45, 2.75) is 492 Å². The van der Waals surface area contributed by atoms with Crippen molar-refractivity contribution in [3.05, 3.63) is 24.3 Å². The normalized spacial score (nSPS) is 22.0. The van der Waals surface area contributed by atoms with Crippen LogP contribution in [0.5, 0.6) is 0 Å². The van der Waals surface area contributed by atoms with Crippen LogP contribution in [-0.2, 0) is 23.7 Å². The molecule has 0 bridgehead atoms. The minimum absolute atomic E-state index is 0.196. The second-order valence-corrected chi connectivity index (χ2v) is 30.7. The standard InChI is InChI=1S/C85H163NO13/c1-3-5-7-9-11-13-15-17-19-21-23-25-27-29-31-33-35-36-37-38-39-41-43-45-47-49-51-53-55-57-59-61-63-65-67-69-77(90)86-73(72-96-84-82(95)80(93)83(76(71-88)98-84)99-85-81(94)79(92)78(91)75(70-87)97-85)74(89)68-66-64-62-60-58-56-54-52-50-48-46-44-42-40-34-32-30-28-26-24-22-20-18-16-14-12-10-8-6-4-2/h15,17,21,23,73-76,78-85,87-89,91-95H,3-14,16,18-20,22,24-72H2,1-2H3,(H,86,90)/b17-15-,23-21-. The fourth-order valence-corrected chi connectivity index (χ4v) is 14.6. The maximum absolute atomic E-state index is 13.4. The third-order valence-electron chi connectivity index (χ3n) is 21.4. The van der Waals surface area contributed by atoms with Gasteiger partial charge in [-0.3, -0.25) is 4.79 Å². The van der Waals surface area contributed by atoms with Gasteiger partial charge in [0.05, 0.1) is 32.0 Å². The predicted octanol–water partition coefficient (Wildman–Crippen LogP) is 20.2. The molecule has 12 atom stereocenters. The number of ether oxygens (including phenoxy) is 4. The fraction of sp³-hybridized carbons (Fsp3) is 0.941. The highest BCUT2D eigenvalue weighted by Crippen LogP contribution is 2.31. The van der Waals surface area contributed by atoms with E-state index in [1.807, 2.05) is 0 Å². The molecule has 2 heterocycles. The molecule has 9 N–H and O–H groups in total. The molecule has 1 amide bonds. The van der Waals surface area contributed by atoms with E-state index in [0.29, 0.717) is 12.8 Å². The quantitative estimate of drug-likeness (QED) is 0.0204. The number of amides is 1. The summed E-state index contributed by atoms with van der Waals surface area (Å²) in [5, 5.41) is 88.0. The maximum Gasteiger partial charge on any atom is 0.220 e. The van der Waals surface area contributed by atoms with Crippen LogP contribution in [0, 0.1) is 0 Å². The molecule has 2 rings (SSSR count). The van der Waals surface area contributed by atoms with Gasteiger partial charge in [0.15, 0.2) is 12.6 Å². The van der Waals surface area contributed by atoms with Crippen LogP contribution in [0.3, 0.4) is 0 Å². The van der Waals surface area contributed by atoms with E-state index in [1.54, 1.807) is 0 Å². The molecule has 586 valence electrons. The Labute approximate surface area is 609 Å². The van der Waals surface area contributed by atoms with Crippen LogP contribution < -0.4 is 5.32 Å². The van der Waals surface area contributed by atoms with Crippen molar-refractivity contribution in [3.63, 3.8) is 0 Å². The molecule has 14 heteroatoms. The van der Waals surface area contributed by atoms with Crippen molar-refractivity contribution in [2.75, 3.05) is 19.8 Å². The van der Waals surface area contributed by atoms with Gasteiger partial charge >= 0.3 is 0 Å². The topological polar surface area (TPSA) is 228 Å². The van der Waals surface area contributed by atoms with Gasteiger partial charge < -0.3 is 65.1 Å². The number of unbranched alkanes of at least 4 members (excludes halogenated alkanes) is 57. The molecule has 2 aliphatic heterocycles. The molecule has 0 aromatic carbocycles. The zero-order valence-electron chi connectivity index (χ0n) is 64.5. The van der Waals surface area contributed by atoms with Crippen LogP contribution in [0.25, 0.3) is 0 Å². The second-order valence-electron chi connectivity index (χ2n) is 30.7. The summed E-state index contributed by atoms with van der Waals surface area (Å²) in [4.78, 5) is 13.4. The number of rotatable bonds is 74. The zero-order chi connectivity index (χ0) is 71.5. The molecular formula is C85H163NO13. The van der Waals surface area contributed by atoms with E-state index in [-0.39, 0.29) is 12.5 Å². The number of allylic oxidation sites excluding steroid dienone is 4. The molecule has 12 unspecified atom stereocenters. The Morgan fingerprint density at radius 3 is 1.01 bits per heavy atom. The number of nitrogens with one attached hydrogen (secondary N) is 1. The molecule has 99 heavy (non-hydrogen) atoms. The third-order valence-corrected chi connectivity index (χ3v) is 21.4. The average Bonchev–Trinajstić information content (AvgIpc) is 0.799. The molecule has 0 aromatic rings. The molecular weight excluding hydrogens is 1240 g/mol. The molecule has 2 saturated heterocycles. The first-order valence-electron chi connectivity index (χ1n) is 43.1. The summed E-state index contributed by atoms with van der Waals surface area (Å²) in [6.07, 6.45) is 73.8. The van der Waals surface area contributed by atoms with Crippen molar-refractivity contribution in [3.8, 4) is 0 Å². The van der Waals surface area contributed by atoms with E-state index in [1.165, 1.54) is 334 Å². The SMILES string of the molecule is CCCCCCC/C=C\C/C=C\CCCCCCCCCCCCCCCCCCCCCCCCCC(=O)NC(COC1OC(CO)C(OC2OC(CO)C(O)C(O)C2O)C(O)C1O)C(O)CCCCCCCCCCCCCCCCCCCCCCCCCCCCCCCC. The first-order valence-corrected chi connectivity index (χ1v) is 43.1. The third kappa shape index (κ3) is 52.2. The van der Waals surface area contributed by atoms with Crippen molar-refractivity contribution >= 4 is 5.91 Å². The summed E-state index contributed by atoms with van der Waals surface area (Å²) in [5.41, 5.74) is 0. The summed E-state index contributed by atoms with van der Waals surface area (Å²) in [6, 6.07) is -0.828. The van der Waals surface area contributed by atoms with E-state index < -0.39 is 86.8 Å². The number of carbonyl (C=O) groups is 1.